The van der Waals surface area contributed by atoms with Crippen LogP contribution in [-0.4, -0.2) is 23.3 Å². The summed E-state index contributed by atoms with van der Waals surface area (Å²) in [6, 6.07) is 0. The Labute approximate surface area is 53.6 Å². The number of aliphatic hydroxyl groups is 1. The fraction of sp³-hybridized carbons (Fsp3) is 0.833. The summed E-state index contributed by atoms with van der Waals surface area (Å²) >= 11 is 0. The Morgan fingerprint density at radius 2 is 2.44 bits per heavy atom. The van der Waals surface area contributed by atoms with Crippen LogP contribution in [0.2, 0.25) is 0 Å². The molecule has 1 aliphatic rings. The molecule has 52 valence electrons. The third-order valence-corrected chi connectivity index (χ3v) is 1.79. The third kappa shape index (κ3) is 0.920. The maximum absolute atomic E-state index is 10.6. The smallest absolute Gasteiger partial charge is 0.311 e. The molecule has 0 aromatic rings. The van der Waals surface area contributed by atoms with Crippen LogP contribution in [0, 0.1) is 5.92 Å². The van der Waals surface area contributed by atoms with Crippen molar-refractivity contribution in [3.8, 4) is 0 Å². The Morgan fingerprint density at radius 1 is 1.89 bits per heavy atom. The second-order valence-corrected chi connectivity index (χ2v) is 2.69. The van der Waals surface area contributed by atoms with Crippen LogP contribution in [0.3, 0.4) is 0 Å². The lowest BCUT2D eigenvalue weighted by Crippen LogP contribution is -2.32. The van der Waals surface area contributed by atoms with Crippen LogP contribution < -0.4 is 0 Å². The number of carbonyl (C=O) groups excluding carboxylic acids is 1. The zero-order valence-electron chi connectivity index (χ0n) is 5.55. The molecule has 1 saturated heterocycles. The van der Waals surface area contributed by atoms with Crippen molar-refractivity contribution in [1.82, 2.24) is 0 Å². The molecule has 0 unspecified atom stereocenters. The lowest BCUT2D eigenvalue weighted by atomic mass is 9.95. The van der Waals surface area contributed by atoms with Gasteiger partial charge in [-0.2, -0.15) is 0 Å². The molecule has 0 aromatic carbocycles. The van der Waals surface area contributed by atoms with E-state index in [1.165, 1.54) is 0 Å². The van der Waals surface area contributed by atoms with E-state index in [-0.39, 0.29) is 18.5 Å². The second kappa shape index (κ2) is 1.70. The number of cyclic esters (lactones) is 1. The maximum Gasteiger partial charge on any atom is 0.311 e. The van der Waals surface area contributed by atoms with Gasteiger partial charge in [0.05, 0.1) is 5.92 Å². The highest BCUT2D eigenvalue weighted by molar-refractivity contribution is 5.75. The van der Waals surface area contributed by atoms with Gasteiger partial charge < -0.3 is 9.84 Å². The Kier molecular flexibility index (Phi) is 1.24. The first-order valence-electron chi connectivity index (χ1n) is 2.93. The predicted octanol–water partition coefficient (Wildman–Crippen LogP) is -0.0697. The number of carbonyl (C=O) groups is 1. The average molecular weight is 130 g/mol. The molecule has 1 aliphatic heterocycles. The van der Waals surface area contributed by atoms with E-state index in [0.29, 0.717) is 0 Å². The summed E-state index contributed by atoms with van der Waals surface area (Å²) in [7, 11) is 0. The van der Waals surface area contributed by atoms with E-state index in [4.69, 9.17) is 0 Å². The predicted molar refractivity (Wildman–Crippen MR) is 30.7 cm³/mol. The summed E-state index contributed by atoms with van der Waals surface area (Å²) in [4.78, 5) is 10.6. The minimum atomic E-state index is -0.947. The second-order valence-electron chi connectivity index (χ2n) is 2.69. The highest BCUT2D eigenvalue weighted by Crippen LogP contribution is 2.24. The van der Waals surface area contributed by atoms with Crippen molar-refractivity contribution in [2.75, 3.05) is 6.61 Å². The largest absolute Gasteiger partial charge is 0.462 e. The number of hydrogen-bond donors (Lipinski definition) is 1. The standard InChI is InChI=1S/C6H10O3/c1-4-5(7)9-3-6(4,2)8/h4,8H,3H2,1-2H3/t4-,6+/m0/s1. The van der Waals surface area contributed by atoms with E-state index < -0.39 is 5.60 Å². The van der Waals surface area contributed by atoms with Crippen molar-refractivity contribution in [1.29, 1.82) is 0 Å². The molecular formula is C6H10O3. The minimum absolute atomic E-state index is 0.132. The van der Waals surface area contributed by atoms with E-state index in [1.807, 2.05) is 0 Å². The molecule has 0 radical (unpaired) electrons. The fourth-order valence-corrected chi connectivity index (χ4v) is 0.721. The summed E-state index contributed by atoms with van der Waals surface area (Å²) in [5.74, 6) is -0.683. The van der Waals surface area contributed by atoms with Gasteiger partial charge in [-0.1, -0.05) is 0 Å². The number of ether oxygens (including phenoxy) is 1. The van der Waals surface area contributed by atoms with Gasteiger partial charge in [-0.05, 0) is 13.8 Å². The van der Waals surface area contributed by atoms with Crippen LogP contribution in [0.1, 0.15) is 13.8 Å². The number of esters is 1. The molecule has 3 nitrogen and oxygen atoms in total. The maximum atomic E-state index is 10.6. The van der Waals surface area contributed by atoms with Crippen LogP contribution in [0.15, 0.2) is 0 Å². The lowest BCUT2D eigenvalue weighted by molar-refractivity contribution is -0.140. The molecule has 1 fully saturated rings. The highest BCUT2D eigenvalue weighted by Gasteiger charge is 2.42. The molecule has 1 heterocycles. The molecule has 0 saturated carbocycles. The van der Waals surface area contributed by atoms with Gasteiger partial charge >= 0.3 is 5.97 Å². The Hall–Kier alpha value is -0.570. The van der Waals surface area contributed by atoms with E-state index in [2.05, 4.69) is 4.74 Å². The molecular weight excluding hydrogens is 120 g/mol. The van der Waals surface area contributed by atoms with Crippen molar-refractivity contribution < 1.29 is 14.6 Å². The summed E-state index contributed by atoms with van der Waals surface area (Å²) in [6.45, 7) is 3.39. The normalized spacial score (nSPS) is 43.0. The van der Waals surface area contributed by atoms with Gasteiger partial charge in [-0.15, -0.1) is 0 Å². The van der Waals surface area contributed by atoms with Gasteiger partial charge in [0.2, 0.25) is 0 Å². The molecule has 0 amide bonds. The van der Waals surface area contributed by atoms with Crippen LogP contribution in [0.25, 0.3) is 0 Å². The van der Waals surface area contributed by atoms with Crippen molar-refractivity contribution in [2.45, 2.75) is 19.4 Å². The summed E-state index contributed by atoms with van der Waals surface area (Å²) in [5, 5.41) is 9.29. The van der Waals surface area contributed by atoms with Crippen LogP contribution >= 0.6 is 0 Å². The van der Waals surface area contributed by atoms with Crippen molar-refractivity contribution in [3.05, 3.63) is 0 Å². The zero-order valence-corrected chi connectivity index (χ0v) is 5.55. The van der Waals surface area contributed by atoms with Gasteiger partial charge in [-0.3, -0.25) is 4.79 Å². The van der Waals surface area contributed by atoms with Crippen LogP contribution in [0.4, 0.5) is 0 Å². The van der Waals surface area contributed by atoms with Crippen LogP contribution in [0.5, 0.6) is 0 Å². The van der Waals surface area contributed by atoms with Gasteiger partial charge in [0.25, 0.3) is 0 Å². The van der Waals surface area contributed by atoms with Crippen molar-refractivity contribution in [2.24, 2.45) is 5.92 Å². The summed E-state index contributed by atoms with van der Waals surface area (Å²) in [5.41, 5.74) is -0.947. The summed E-state index contributed by atoms with van der Waals surface area (Å²) < 4.78 is 4.59. The number of rotatable bonds is 0. The first-order valence-corrected chi connectivity index (χ1v) is 2.93. The summed E-state index contributed by atoms with van der Waals surface area (Å²) in [6.07, 6.45) is 0. The van der Waals surface area contributed by atoms with E-state index >= 15 is 0 Å². The lowest BCUT2D eigenvalue weighted by Gasteiger charge is -2.15. The average Bonchev–Trinajstić information content (AvgIpc) is 1.97. The molecule has 1 N–H and O–H groups in total. The molecule has 1 rings (SSSR count). The molecule has 2 atom stereocenters. The Balaban J connectivity index is 2.73. The van der Waals surface area contributed by atoms with Gasteiger partial charge in [0, 0.05) is 0 Å². The molecule has 0 bridgehead atoms. The third-order valence-electron chi connectivity index (χ3n) is 1.79. The fourth-order valence-electron chi connectivity index (χ4n) is 0.721. The quantitative estimate of drug-likeness (QED) is 0.467. The van der Waals surface area contributed by atoms with Crippen LogP contribution in [-0.2, 0) is 9.53 Å². The van der Waals surface area contributed by atoms with E-state index in [1.54, 1.807) is 13.8 Å². The topological polar surface area (TPSA) is 46.5 Å². The minimum Gasteiger partial charge on any atom is -0.462 e. The SMILES string of the molecule is C[C@H]1C(=O)OC[C@@]1(C)O. The molecule has 0 spiro atoms. The molecule has 3 heteroatoms. The first kappa shape index (κ1) is 6.55. The molecule has 9 heavy (non-hydrogen) atoms. The van der Waals surface area contributed by atoms with Gasteiger partial charge in [0.15, 0.2) is 0 Å². The highest BCUT2D eigenvalue weighted by atomic mass is 16.6. The monoisotopic (exact) mass is 130 g/mol. The van der Waals surface area contributed by atoms with E-state index in [9.17, 15) is 9.90 Å². The zero-order chi connectivity index (χ0) is 7.07. The molecule has 0 aromatic heterocycles. The molecule has 0 aliphatic carbocycles. The van der Waals surface area contributed by atoms with E-state index in [0.717, 1.165) is 0 Å². The van der Waals surface area contributed by atoms with Gasteiger partial charge in [0.1, 0.15) is 12.2 Å². The Morgan fingerprint density at radius 3 is 2.56 bits per heavy atom. The van der Waals surface area contributed by atoms with Crippen molar-refractivity contribution in [3.63, 3.8) is 0 Å². The first-order chi connectivity index (χ1) is 4.04. The van der Waals surface area contributed by atoms with Crippen molar-refractivity contribution >= 4 is 5.97 Å². The number of hydrogen-bond acceptors (Lipinski definition) is 3. The Bertz CT molecular complexity index is 139. The van der Waals surface area contributed by atoms with Gasteiger partial charge in [-0.25, -0.2) is 0 Å².